The molecule has 1 fully saturated rings. The number of anilines is 1. The largest absolute Gasteiger partial charge is 0.497 e. The Labute approximate surface area is 204 Å². The Kier molecular flexibility index (Phi) is 6.42. The van der Waals surface area contributed by atoms with Gasteiger partial charge in [-0.25, -0.2) is 4.98 Å². The second kappa shape index (κ2) is 9.80. The number of nitrogens with zero attached hydrogens (tertiary/aromatic N) is 3. The fraction of sp³-hybridized carbons (Fsp3) is 0.286. The molecule has 180 valence electrons. The van der Waals surface area contributed by atoms with E-state index in [1.165, 1.54) is 0 Å². The van der Waals surface area contributed by atoms with E-state index in [-0.39, 0.29) is 18.4 Å². The van der Waals surface area contributed by atoms with Gasteiger partial charge in [-0.05, 0) is 42.8 Å². The van der Waals surface area contributed by atoms with Gasteiger partial charge in [-0.15, -0.1) is 0 Å². The van der Waals surface area contributed by atoms with Crippen molar-refractivity contribution in [1.29, 1.82) is 0 Å². The van der Waals surface area contributed by atoms with Crippen molar-refractivity contribution in [2.24, 2.45) is 0 Å². The van der Waals surface area contributed by atoms with Crippen LogP contribution in [0.3, 0.4) is 0 Å². The Hall–Kier alpha value is -3.84. The quantitative estimate of drug-likeness (QED) is 0.414. The zero-order valence-electron chi connectivity index (χ0n) is 19.9. The fourth-order valence-electron chi connectivity index (χ4n) is 4.67. The lowest BCUT2D eigenvalue weighted by Gasteiger charge is -2.19. The van der Waals surface area contributed by atoms with Crippen LogP contribution < -0.4 is 14.4 Å². The van der Waals surface area contributed by atoms with Crippen LogP contribution in [0.2, 0.25) is 0 Å². The lowest BCUT2D eigenvalue weighted by Crippen LogP contribution is -2.26. The molecule has 7 heteroatoms. The molecule has 1 aromatic heterocycles. The molecule has 1 saturated heterocycles. The number of benzene rings is 3. The van der Waals surface area contributed by atoms with Crippen LogP contribution in [-0.4, -0.2) is 46.9 Å². The van der Waals surface area contributed by atoms with Crippen molar-refractivity contribution in [3.8, 4) is 11.5 Å². The van der Waals surface area contributed by atoms with Crippen molar-refractivity contribution < 1.29 is 19.4 Å². The highest BCUT2D eigenvalue weighted by Gasteiger charge is 2.35. The van der Waals surface area contributed by atoms with E-state index in [0.717, 1.165) is 33.9 Å². The average molecular weight is 472 g/mol. The molecule has 0 unspecified atom stereocenters. The monoisotopic (exact) mass is 471 g/mol. The van der Waals surface area contributed by atoms with Gasteiger partial charge < -0.3 is 24.0 Å². The predicted octanol–water partition coefficient (Wildman–Crippen LogP) is 4.31. The van der Waals surface area contributed by atoms with Crippen LogP contribution >= 0.6 is 0 Å². The number of hydrogen-bond donors (Lipinski definition) is 1. The number of aliphatic hydroxyl groups excluding tert-OH is 1. The van der Waals surface area contributed by atoms with E-state index < -0.39 is 6.10 Å². The number of carbonyl (C=O) groups excluding carboxylic acids is 1. The maximum atomic E-state index is 13.0. The number of aliphatic hydroxyl groups is 1. The molecular weight excluding hydrogens is 442 g/mol. The zero-order valence-corrected chi connectivity index (χ0v) is 19.9. The van der Waals surface area contributed by atoms with Gasteiger partial charge in [0.1, 0.15) is 30.0 Å². The molecule has 4 aromatic rings. The smallest absolute Gasteiger partial charge is 0.227 e. The van der Waals surface area contributed by atoms with Crippen LogP contribution in [0, 0.1) is 6.92 Å². The molecule has 2 atom stereocenters. The second-order valence-electron chi connectivity index (χ2n) is 8.91. The highest BCUT2D eigenvalue weighted by molar-refractivity contribution is 5.96. The molecule has 0 aliphatic carbocycles. The first kappa shape index (κ1) is 22.9. The first-order chi connectivity index (χ1) is 17.0. The van der Waals surface area contributed by atoms with Crippen LogP contribution in [0.15, 0.2) is 72.8 Å². The third kappa shape index (κ3) is 4.72. The van der Waals surface area contributed by atoms with E-state index in [9.17, 15) is 9.90 Å². The number of methoxy groups -OCH3 is 1. The topological polar surface area (TPSA) is 76.8 Å². The summed E-state index contributed by atoms with van der Waals surface area (Å²) in [6.45, 7) is 2.99. The number of ether oxygens (including phenoxy) is 2. The second-order valence-corrected chi connectivity index (χ2v) is 8.91. The number of aryl methyl sites for hydroxylation is 1. The molecule has 0 saturated carbocycles. The van der Waals surface area contributed by atoms with Gasteiger partial charge in [-0.1, -0.05) is 36.4 Å². The molecule has 1 aliphatic heterocycles. The summed E-state index contributed by atoms with van der Waals surface area (Å²) in [7, 11) is 1.62. The molecule has 0 bridgehead atoms. The number of amides is 1. The summed E-state index contributed by atoms with van der Waals surface area (Å²) < 4.78 is 13.2. The molecule has 1 amide bonds. The SMILES string of the molecule is COc1cccc(N2C[C@@H](c3nc4ccccc4n3C[C@H](O)COc3ccccc3C)CC2=O)c1. The number of para-hydroxylation sites is 3. The number of imidazole rings is 1. The molecule has 1 aliphatic rings. The fourth-order valence-corrected chi connectivity index (χ4v) is 4.67. The molecule has 0 spiro atoms. The molecule has 35 heavy (non-hydrogen) atoms. The Morgan fingerprint density at radius 3 is 2.71 bits per heavy atom. The number of carbonyl (C=O) groups is 1. The van der Waals surface area contributed by atoms with E-state index in [1.54, 1.807) is 12.0 Å². The first-order valence-electron chi connectivity index (χ1n) is 11.8. The Bertz CT molecular complexity index is 1350. The Morgan fingerprint density at radius 1 is 1.09 bits per heavy atom. The van der Waals surface area contributed by atoms with Crippen LogP contribution in [0.25, 0.3) is 11.0 Å². The van der Waals surface area contributed by atoms with Gasteiger partial charge in [-0.2, -0.15) is 0 Å². The van der Waals surface area contributed by atoms with Gasteiger partial charge in [0.05, 0.1) is 24.7 Å². The van der Waals surface area contributed by atoms with Gasteiger partial charge in [0.25, 0.3) is 0 Å². The van der Waals surface area contributed by atoms with Crippen molar-refractivity contribution in [3.63, 3.8) is 0 Å². The van der Waals surface area contributed by atoms with E-state index in [2.05, 4.69) is 0 Å². The minimum absolute atomic E-state index is 0.0466. The van der Waals surface area contributed by atoms with Gasteiger partial charge in [0, 0.05) is 30.6 Å². The van der Waals surface area contributed by atoms with Crippen molar-refractivity contribution in [2.75, 3.05) is 25.2 Å². The number of fused-ring (bicyclic) bond motifs is 1. The third-order valence-electron chi connectivity index (χ3n) is 6.46. The molecule has 2 heterocycles. The van der Waals surface area contributed by atoms with Gasteiger partial charge in [0.15, 0.2) is 0 Å². The van der Waals surface area contributed by atoms with E-state index in [1.807, 2.05) is 84.3 Å². The third-order valence-corrected chi connectivity index (χ3v) is 6.46. The highest BCUT2D eigenvalue weighted by atomic mass is 16.5. The lowest BCUT2D eigenvalue weighted by molar-refractivity contribution is -0.117. The van der Waals surface area contributed by atoms with Crippen LogP contribution in [-0.2, 0) is 11.3 Å². The van der Waals surface area contributed by atoms with Crippen LogP contribution in [0.1, 0.15) is 23.7 Å². The summed E-state index contributed by atoms with van der Waals surface area (Å²) in [6.07, 6.45) is -0.381. The summed E-state index contributed by atoms with van der Waals surface area (Å²) in [5.41, 5.74) is 3.62. The van der Waals surface area contributed by atoms with E-state index in [4.69, 9.17) is 14.5 Å². The number of aromatic nitrogens is 2. The Balaban J connectivity index is 1.39. The van der Waals surface area contributed by atoms with Crippen LogP contribution in [0.4, 0.5) is 5.69 Å². The summed E-state index contributed by atoms with van der Waals surface area (Å²) >= 11 is 0. The van der Waals surface area contributed by atoms with Gasteiger partial charge in [-0.3, -0.25) is 4.79 Å². The maximum Gasteiger partial charge on any atom is 0.227 e. The summed E-state index contributed by atoms with van der Waals surface area (Å²) in [5.74, 6) is 2.23. The summed E-state index contributed by atoms with van der Waals surface area (Å²) in [6, 6.07) is 23.2. The molecule has 0 radical (unpaired) electrons. The minimum Gasteiger partial charge on any atom is -0.497 e. The van der Waals surface area contributed by atoms with Crippen molar-refractivity contribution in [1.82, 2.24) is 9.55 Å². The highest BCUT2D eigenvalue weighted by Crippen LogP contribution is 2.34. The van der Waals surface area contributed by atoms with Crippen molar-refractivity contribution in [3.05, 3.63) is 84.2 Å². The lowest BCUT2D eigenvalue weighted by atomic mass is 10.1. The Morgan fingerprint density at radius 2 is 1.89 bits per heavy atom. The predicted molar refractivity (Wildman–Crippen MR) is 135 cm³/mol. The maximum absolute atomic E-state index is 13.0. The van der Waals surface area contributed by atoms with E-state index >= 15 is 0 Å². The normalized spacial score (nSPS) is 16.6. The summed E-state index contributed by atoms with van der Waals surface area (Å²) in [4.78, 5) is 19.6. The van der Waals surface area contributed by atoms with Crippen LogP contribution in [0.5, 0.6) is 11.5 Å². The van der Waals surface area contributed by atoms with Crippen molar-refractivity contribution >= 4 is 22.6 Å². The average Bonchev–Trinajstić information content (AvgIpc) is 3.44. The first-order valence-corrected chi connectivity index (χ1v) is 11.8. The molecule has 5 rings (SSSR count). The summed E-state index contributed by atoms with van der Waals surface area (Å²) in [5, 5.41) is 10.9. The standard InChI is InChI=1S/C28H29N3O4/c1-19-8-3-6-13-26(19)35-18-22(32)17-31-25-12-5-4-11-24(25)29-28(31)20-14-27(33)30(16-20)21-9-7-10-23(15-21)34-2/h3-13,15,20,22,32H,14,16-18H2,1-2H3/t20-,22-/m0/s1. The number of hydrogen-bond acceptors (Lipinski definition) is 5. The van der Waals surface area contributed by atoms with Gasteiger partial charge in [0.2, 0.25) is 5.91 Å². The minimum atomic E-state index is -0.738. The van der Waals surface area contributed by atoms with E-state index in [0.29, 0.717) is 25.3 Å². The molecule has 1 N–H and O–H groups in total. The zero-order chi connectivity index (χ0) is 24.4. The molecular formula is C28H29N3O4. The molecule has 7 nitrogen and oxygen atoms in total. The number of rotatable bonds is 8. The molecule has 3 aromatic carbocycles. The van der Waals surface area contributed by atoms with Crippen molar-refractivity contribution in [2.45, 2.75) is 31.9 Å². The van der Waals surface area contributed by atoms with Gasteiger partial charge >= 0.3 is 0 Å².